The number of esters is 2. The van der Waals surface area contributed by atoms with Gasteiger partial charge in [-0.2, -0.15) is 0 Å². The van der Waals surface area contributed by atoms with Crippen molar-refractivity contribution in [3.63, 3.8) is 0 Å². The molecular weight excluding hydrogens is 443 g/mol. The van der Waals surface area contributed by atoms with Gasteiger partial charge in [0.1, 0.15) is 18.6 Å². The van der Waals surface area contributed by atoms with Gasteiger partial charge in [-0.1, -0.05) is 31.9 Å². The van der Waals surface area contributed by atoms with E-state index in [4.69, 9.17) is 14.0 Å². The molecule has 0 aromatic rings. The molecule has 0 aromatic carbocycles. The fraction of sp³-hybridized carbons (Fsp3) is 0.632. The predicted molar refractivity (Wildman–Crippen MR) is 113 cm³/mol. The molecule has 0 atom stereocenters. The number of carboxylic acids is 1. The Labute approximate surface area is 212 Å². The average molecular weight is 475 g/mol. The van der Waals surface area contributed by atoms with Gasteiger partial charge in [-0.05, 0) is 20.3 Å². The zero-order valence-corrected chi connectivity index (χ0v) is 22.1. The van der Waals surface area contributed by atoms with E-state index in [-0.39, 0.29) is 25.4 Å². The quantitative estimate of drug-likeness (QED) is 0.178. The Bertz CT molecular complexity index is 656. The number of allylic oxidation sites excluding steroid dienone is 2. The normalized spacial score (nSPS) is 13.4. The van der Waals surface area contributed by atoms with E-state index < -0.39 is 33.4 Å². The van der Waals surface area contributed by atoms with Crippen LogP contribution in [0.2, 0.25) is 0.515 Å². The van der Waals surface area contributed by atoms with Gasteiger partial charge in [0, 0.05) is 12.2 Å². The number of carbonyl (C=O) groups is 3. The van der Waals surface area contributed by atoms with Crippen molar-refractivity contribution >= 4 is 77.0 Å². The molecule has 0 aliphatic rings. The van der Waals surface area contributed by atoms with Gasteiger partial charge in [-0.15, -0.1) is 0 Å². The third-order valence-electron chi connectivity index (χ3n) is 3.81. The second-order valence-electron chi connectivity index (χ2n) is 6.54. The van der Waals surface area contributed by atoms with Crippen LogP contribution in [0.5, 0.6) is 0 Å². The van der Waals surface area contributed by atoms with Crippen molar-refractivity contribution in [1.29, 1.82) is 0 Å². The zero-order chi connectivity index (χ0) is 23.6. The Balaban J connectivity index is 0. The van der Waals surface area contributed by atoms with Gasteiger partial charge in [0.25, 0.3) is 0 Å². The number of rotatable bonds is 13. The fourth-order valence-corrected chi connectivity index (χ4v) is 4.05. The van der Waals surface area contributed by atoms with E-state index in [1.807, 2.05) is 6.92 Å². The predicted octanol–water partition coefficient (Wildman–Crippen LogP) is 2.34. The molecule has 2 N–H and O–H groups in total. The third-order valence-corrected chi connectivity index (χ3v) is 5.71. The van der Waals surface area contributed by atoms with Gasteiger partial charge in [0.15, 0.2) is 0 Å². The SMILES string of the molecule is CC=CC(=O)OCC(CCCC)(COC(=O)C=CC)C(=O)O.O=S(=O)(O)CC[CH2][K]. The molecule has 11 heteroatoms. The van der Waals surface area contributed by atoms with E-state index in [0.717, 1.165) is 6.94 Å². The molecule has 0 saturated heterocycles. The molecular formula is C19H31KO9S. The molecule has 0 unspecified atom stereocenters. The minimum atomic E-state index is -3.66. The average Bonchev–Trinajstić information content (AvgIpc) is 2.66. The first kappa shape index (κ1) is 31.6. The molecule has 0 aliphatic carbocycles. The van der Waals surface area contributed by atoms with Crippen molar-refractivity contribution < 1.29 is 41.9 Å². The first-order chi connectivity index (χ1) is 14.0. The Morgan fingerprint density at radius 1 is 1.00 bits per heavy atom. The molecule has 0 aromatic heterocycles. The first-order valence-electron chi connectivity index (χ1n) is 9.75. The Morgan fingerprint density at radius 3 is 1.73 bits per heavy atom. The van der Waals surface area contributed by atoms with E-state index in [2.05, 4.69) is 0 Å². The molecule has 0 saturated carbocycles. The maximum absolute atomic E-state index is 11.6. The van der Waals surface area contributed by atoms with Gasteiger partial charge < -0.3 is 14.6 Å². The van der Waals surface area contributed by atoms with Crippen LogP contribution in [0.4, 0.5) is 0 Å². The van der Waals surface area contributed by atoms with Crippen LogP contribution in [0.25, 0.3) is 0 Å². The number of unbranched alkanes of at least 4 members (excludes halogenated alkanes) is 1. The number of hydrogen-bond acceptors (Lipinski definition) is 7. The van der Waals surface area contributed by atoms with Gasteiger partial charge in [0.05, 0.1) is 0 Å². The summed E-state index contributed by atoms with van der Waals surface area (Å²) in [5, 5.41) is 9.52. The summed E-state index contributed by atoms with van der Waals surface area (Å²) in [5.74, 6) is -2.45. The summed E-state index contributed by atoms with van der Waals surface area (Å²) in [4.78, 5) is 34.5. The molecule has 0 amide bonds. The van der Waals surface area contributed by atoms with Crippen LogP contribution in [-0.2, 0) is 34.0 Å². The number of carboxylic acid groups (broad SMARTS) is 1. The summed E-state index contributed by atoms with van der Waals surface area (Å²) in [6.45, 7) is 4.55. The Hall–Kier alpha value is -0.564. The van der Waals surface area contributed by atoms with E-state index >= 15 is 0 Å². The van der Waals surface area contributed by atoms with Crippen molar-refractivity contribution in [2.75, 3.05) is 19.0 Å². The van der Waals surface area contributed by atoms with Gasteiger partial charge in [-0.25, -0.2) is 9.59 Å². The zero-order valence-electron chi connectivity index (χ0n) is 18.1. The number of hydrogen-bond donors (Lipinski definition) is 2. The molecule has 0 spiro atoms. The molecule has 0 fully saturated rings. The van der Waals surface area contributed by atoms with Crippen LogP contribution >= 0.6 is 0 Å². The van der Waals surface area contributed by atoms with E-state index in [0.29, 0.717) is 61.8 Å². The summed E-state index contributed by atoms with van der Waals surface area (Å²) >= 11 is 0.706. The Kier molecular flexibility index (Phi) is 19.0. The first-order valence-corrected chi connectivity index (χ1v) is 13.6. The van der Waals surface area contributed by atoms with Crippen molar-refractivity contribution in [2.24, 2.45) is 5.41 Å². The van der Waals surface area contributed by atoms with Gasteiger partial charge in [-0.3, -0.25) is 4.79 Å². The number of ether oxygens (including phenoxy) is 2. The minimum absolute atomic E-state index is 0.0608. The standard InChI is InChI=1S/C16H24O6.C3H7O3S.K/c1-4-7-10-16(15(19)20,11-21-13(17)8-5-2)12-22-14(18)9-6-3;1-2-3-7(4,5)6;/h5-6,8-9H,4,7,10-12H2,1-3H3,(H,19,20);1-3H2,(H,4,5,6);. The van der Waals surface area contributed by atoms with Crippen molar-refractivity contribution in [3.05, 3.63) is 24.3 Å². The van der Waals surface area contributed by atoms with E-state index in [1.165, 1.54) is 24.3 Å². The molecule has 0 aliphatic heterocycles. The summed E-state index contributed by atoms with van der Waals surface area (Å²) in [7, 11) is -3.66. The monoisotopic (exact) mass is 474 g/mol. The molecule has 0 radical (unpaired) electrons. The second-order valence-corrected chi connectivity index (χ2v) is 9.68. The van der Waals surface area contributed by atoms with Crippen molar-refractivity contribution in [1.82, 2.24) is 0 Å². The van der Waals surface area contributed by atoms with Crippen LogP contribution < -0.4 is 0 Å². The van der Waals surface area contributed by atoms with Crippen LogP contribution in [0.15, 0.2) is 24.3 Å². The molecule has 0 heterocycles. The number of aliphatic carboxylic acids is 1. The van der Waals surface area contributed by atoms with Gasteiger partial charge in [0.2, 0.25) is 0 Å². The van der Waals surface area contributed by atoms with E-state index in [9.17, 15) is 27.9 Å². The second kappa shape index (κ2) is 18.1. The maximum atomic E-state index is 11.6. The van der Waals surface area contributed by atoms with Crippen LogP contribution in [0.3, 0.4) is 0 Å². The molecule has 9 nitrogen and oxygen atoms in total. The van der Waals surface area contributed by atoms with Crippen molar-refractivity contribution in [2.45, 2.75) is 47.0 Å². The molecule has 30 heavy (non-hydrogen) atoms. The van der Waals surface area contributed by atoms with Gasteiger partial charge >= 0.3 is 103 Å². The van der Waals surface area contributed by atoms with Crippen molar-refractivity contribution in [3.8, 4) is 0 Å². The third kappa shape index (κ3) is 17.2. The van der Waals surface area contributed by atoms with E-state index in [1.54, 1.807) is 13.8 Å². The summed E-state index contributed by atoms with van der Waals surface area (Å²) in [6, 6.07) is 0. The molecule has 0 rings (SSSR count). The Morgan fingerprint density at radius 2 is 1.47 bits per heavy atom. The molecule has 168 valence electrons. The summed E-state index contributed by atoms with van der Waals surface area (Å²) < 4.78 is 39.0. The molecule has 0 bridgehead atoms. The topological polar surface area (TPSA) is 144 Å². The van der Waals surface area contributed by atoms with Crippen LogP contribution in [0.1, 0.15) is 46.5 Å². The number of carbonyl (C=O) groups excluding carboxylic acids is 2. The van der Waals surface area contributed by atoms with Crippen LogP contribution in [-0.4, -0.2) is 104 Å². The van der Waals surface area contributed by atoms with Crippen LogP contribution in [0, 0.1) is 5.41 Å². The fourth-order valence-electron chi connectivity index (χ4n) is 2.05. The summed E-state index contributed by atoms with van der Waals surface area (Å²) in [6.07, 6.45) is 7.70. The summed E-state index contributed by atoms with van der Waals surface area (Å²) in [5.41, 5.74) is -1.43.